The molecule has 0 unspecified atom stereocenters. The number of benzene rings is 1. The first-order valence-electron chi connectivity index (χ1n) is 9.21. The molecule has 0 atom stereocenters. The summed E-state index contributed by atoms with van der Waals surface area (Å²) < 4.78 is 1.19. The highest BCUT2D eigenvalue weighted by molar-refractivity contribution is 5.95. The zero-order valence-corrected chi connectivity index (χ0v) is 16.2. The molecule has 2 aromatic heterocycles. The van der Waals surface area contributed by atoms with Crippen LogP contribution in [0.15, 0.2) is 54.0 Å². The fourth-order valence-electron chi connectivity index (χ4n) is 2.66. The lowest BCUT2D eigenvalue weighted by Gasteiger charge is -2.07. The lowest BCUT2D eigenvalue weighted by Crippen LogP contribution is -2.23. The van der Waals surface area contributed by atoms with Gasteiger partial charge in [0, 0.05) is 49.7 Å². The van der Waals surface area contributed by atoms with Crippen LogP contribution in [0.25, 0.3) is 11.4 Å². The van der Waals surface area contributed by atoms with E-state index >= 15 is 0 Å². The van der Waals surface area contributed by atoms with E-state index in [1.807, 2.05) is 0 Å². The maximum absolute atomic E-state index is 12.3. The number of H-pyrrole nitrogens is 1. The molecule has 0 aliphatic rings. The number of imidazole rings is 1. The number of aromatic amines is 1. The minimum absolute atomic E-state index is 0.0973. The van der Waals surface area contributed by atoms with Gasteiger partial charge in [-0.05, 0) is 30.7 Å². The summed E-state index contributed by atoms with van der Waals surface area (Å²) in [7, 11) is 0. The third-order valence-electron chi connectivity index (χ3n) is 4.17. The van der Waals surface area contributed by atoms with Crippen molar-refractivity contribution in [2.75, 3.05) is 11.9 Å². The van der Waals surface area contributed by atoms with Crippen molar-refractivity contribution in [3.8, 4) is 11.4 Å². The number of anilines is 1. The summed E-state index contributed by atoms with van der Waals surface area (Å²) in [6.07, 6.45) is 6.24. The van der Waals surface area contributed by atoms with E-state index in [1.165, 1.54) is 36.4 Å². The Morgan fingerprint density at radius 1 is 1.17 bits per heavy atom. The summed E-state index contributed by atoms with van der Waals surface area (Å²) in [5.41, 5.74) is 0.560. The summed E-state index contributed by atoms with van der Waals surface area (Å²) in [6, 6.07) is 6.77. The molecule has 154 valence electrons. The van der Waals surface area contributed by atoms with Crippen LogP contribution >= 0.6 is 0 Å². The van der Waals surface area contributed by atoms with Crippen molar-refractivity contribution in [3.05, 3.63) is 65.1 Å². The molecule has 2 amide bonds. The van der Waals surface area contributed by atoms with E-state index < -0.39 is 11.5 Å². The summed E-state index contributed by atoms with van der Waals surface area (Å²) in [5, 5.41) is 5.40. The number of aromatic nitrogens is 4. The monoisotopic (exact) mass is 408 g/mol. The topological polar surface area (TPSA) is 139 Å². The highest BCUT2D eigenvalue weighted by Gasteiger charge is 2.14. The van der Waals surface area contributed by atoms with Crippen LogP contribution in [0, 0.1) is 0 Å². The molecule has 0 saturated carbocycles. The fraction of sp³-hybridized carbons (Fsp3) is 0.200. The van der Waals surface area contributed by atoms with Gasteiger partial charge in [-0.25, -0.2) is 9.97 Å². The number of nitrogens with one attached hydrogen (secondary N) is 3. The molecule has 0 fully saturated rings. The summed E-state index contributed by atoms with van der Waals surface area (Å²) in [6.45, 7) is 1.87. The Morgan fingerprint density at radius 2 is 1.93 bits per heavy atom. The normalized spacial score (nSPS) is 10.4. The predicted octanol–water partition coefficient (Wildman–Crippen LogP) is 1.18. The smallest absolute Gasteiger partial charge is 0.270 e. The first kappa shape index (κ1) is 20.6. The SMILES string of the molecule is CC(=O)NCCCC(=O)Nc1ccc(-c2ncc(C(=O)n3ccnc3)c(=O)[nH]2)cc1. The van der Waals surface area contributed by atoms with Crippen molar-refractivity contribution < 1.29 is 14.4 Å². The number of carbonyl (C=O) groups is 3. The van der Waals surface area contributed by atoms with Gasteiger partial charge in [0.15, 0.2) is 0 Å². The highest BCUT2D eigenvalue weighted by atomic mass is 16.2. The molecule has 0 radical (unpaired) electrons. The van der Waals surface area contributed by atoms with Crippen molar-refractivity contribution >= 4 is 23.4 Å². The van der Waals surface area contributed by atoms with E-state index in [4.69, 9.17) is 0 Å². The van der Waals surface area contributed by atoms with E-state index in [9.17, 15) is 19.2 Å². The van der Waals surface area contributed by atoms with Gasteiger partial charge in [0.2, 0.25) is 11.8 Å². The minimum atomic E-state index is -0.560. The van der Waals surface area contributed by atoms with E-state index in [0.29, 0.717) is 30.0 Å². The molecule has 0 bridgehead atoms. The van der Waals surface area contributed by atoms with Gasteiger partial charge >= 0.3 is 0 Å². The number of hydrogen-bond acceptors (Lipinski definition) is 6. The Bertz CT molecular complexity index is 1100. The molecule has 0 aliphatic heterocycles. The van der Waals surface area contributed by atoms with Crippen LogP contribution < -0.4 is 16.2 Å². The quantitative estimate of drug-likeness (QED) is 0.502. The largest absolute Gasteiger partial charge is 0.356 e. The van der Waals surface area contributed by atoms with E-state index in [2.05, 4.69) is 25.6 Å². The van der Waals surface area contributed by atoms with Crippen molar-refractivity contribution in [2.45, 2.75) is 19.8 Å². The molecular formula is C20H20N6O4. The second kappa shape index (κ2) is 9.41. The zero-order valence-electron chi connectivity index (χ0n) is 16.2. The zero-order chi connectivity index (χ0) is 21.5. The summed E-state index contributed by atoms with van der Waals surface area (Å²) in [5.74, 6) is -0.515. The van der Waals surface area contributed by atoms with Crippen molar-refractivity contribution in [1.29, 1.82) is 0 Å². The molecule has 3 rings (SSSR count). The molecule has 10 nitrogen and oxygen atoms in total. The summed E-state index contributed by atoms with van der Waals surface area (Å²) in [4.78, 5) is 57.8. The molecule has 0 aliphatic carbocycles. The molecule has 0 saturated heterocycles. The second-order valence-corrected chi connectivity index (χ2v) is 6.46. The Balaban J connectivity index is 1.63. The third-order valence-corrected chi connectivity index (χ3v) is 4.17. The fourth-order valence-corrected chi connectivity index (χ4v) is 2.66. The Hall–Kier alpha value is -4.08. The first-order chi connectivity index (χ1) is 14.4. The second-order valence-electron chi connectivity index (χ2n) is 6.46. The van der Waals surface area contributed by atoms with Gasteiger partial charge in [0.25, 0.3) is 11.5 Å². The summed E-state index contributed by atoms with van der Waals surface area (Å²) >= 11 is 0. The number of amides is 2. The maximum Gasteiger partial charge on any atom is 0.270 e. The number of hydrogen-bond donors (Lipinski definition) is 3. The van der Waals surface area contributed by atoms with Gasteiger partial charge in [0.1, 0.15) is 17.7 Å². The third kappa shape index (κ3) is 5.25. The number of nitrogens with zero attached hydrogens (tertiary/aromatic N) is 3. The minimum Gasteiger partial charge on any atom is -0.356 e. The van der Waals surface area contributed by atoms with Crippen molar-refractivity contribution in [3.63, 3.8) is 0 Å². The molecule has 2 heterocycles. The van der Waals surface area contributed by atoms with Gasteiger partial charge < -0.3 is 15.6 Å². The molecule has 30 heavy (non-hydrogen) atoms. The van der Waals surface area contributed by atoms with E-state index in [0.717, 1.165) is 0 Å². The van der Waals surface area contributed by atoms with Crippen LogP contribution in [-0.4, -0.2) is 43.8 Å². The van der Waals surface area contributed by atoms with Crippen LogP contribution in [0.5, 0.6) is 0 Å². The van der Waals surface area contributed by atoms with E-state index in [-0.39, 0.29) is 23.8 Å². The van der Waals surface area contributed by atoms with Gasteiger partial charge in [0.05, 0.1) is 0 Å². The molecular weight excluding hydrogens is 388 g/mol. The standard InChI is InChI=1S/C20H20N6O4/c1-13(27)22-8-2-3-17(28)24-15-6-4-14(5-7-15)18-23-11-16(19(29)25-18)20(30)26-10-9-21-12-26/h4-7,9-12H,2-3,8H2,1H3,(H,22,27)(H,24,28)(H,23,25,29). The number of carbonyl (C=O) groups excluding carboxylic acids is 3. The molecule has 3 N–H and O–H groups in total. The lowest BCUT2D eigenvalue weighted by atomic mass is 10.2. The van der Waals surface area contributed by atoms with Crippen molar-refractivity contribution in [1.82, 2.24) is 24.8 Å². The molecule has 0 spiro atoms. The predicted molar refractivity (Wildman–Crippen MR) is 109 cm³/mol. The van der Waals surface area contributed by atoms with Gasteiger partial charge in [-0.1, -0.05) is 0 Å². The maximum atomic E-state index is 12.3. The highest BCUT2D eigenvalue weighted by Crippen LogP contribution is 2.17. The van der Waals surface area contributed by atoms with Crippen LogP contribution in [0.3, 0.4) is 0 Å². The average Bonchev–Trinajstić information content (AvgIpc) is 3.26. The first-order valence-corrected chi connectivity index (χ1v) is 9.21. The Kier molecular flexibility index (Phi) is 6.48. The molecule has 3 aromatic rings. The molecule has 10 heteroatoms. The van der Waals surface area contributed by atoms with Crippen LogP contribution in [0.2, 0.25) is 0 Å². The van der Waals surface area contributed by atoms with Crippen LogP contribution in [-0.2, 0) is 9.59 Å². The van der Waals surface area contributed by atoms with Gasteiger partial charge in [-0.15, -0.1) is 0 Å². The van der Waals surface area contributed by atoms with E-state index in [1.54, 1.807) is 24.3 Å². The van der Waals surface area contributed by atoms with Crippen LogP contribution in [0.4, 0.5) is 5.69 Å². The van der Waals surface area contributed by atoms with Crippen molar-refractivity contribution in [2.24, 2.45) is 0 Å². The average molecular weight is 408 g/mol. The van der Waals surface area contributed by atoms with Crippen LogP contribution in [0.1, 0.15) is 30.1 Å². The Morgan fingerprint density at radius 3 is 2.57 bits per heavy atom. The van der Waals surface area contributed by atoms with Gasteiger partial charge in [-0.2, -0.15) is 0 Å². The van der Waals surface area contributed by atoms with Gasteiger partial charge in [-0.3, -0.25) is 23.7 Å². The number of rotatable bonds is 7. The molecule has 1 aromatic carbocycles. The Labute approximate surface area is 171 Å². The lowest BCUT2D eigenvalue weighted by molar-refractivity contribution is -0.119.